The fourth-order valence-electron chi connectivity index (χ4n) is 1.64. The van der Waals surface area contributed by atoms with Crippen LogP contribution in [0.3, 0.4) is 0 Å². The van der Waals surface area contributed by atoms with E-state index in [1.54, 1.807) is 18.2 Å². The van der Waals surface area contributed by atoms with E-state index in [1.807, 2.05) is 0 Å². The Morgan fingerprint density at radius 3 is 2.47 bits per heavy atom. The van der Waals surface area contributed by atoms with Gasteiger partial charge in [-0.25, -0.2) is 0 Å². The highest BCUT2D eigenvalue weighted by molar-refractivity contribution is 9.10. The van der Waals surface area contributed by atoms with Gasteiger partial charge in [0.2, 0.25) is 0 Å². The molecule has 2 aromatic rings. The van der Waals surface area contributed by atoms with Crippen LogP contribution in [0.2, 0.25) is 0 Å². The van der Waals surface area contributed by atoms with Crippen LogP contribution in [0.1, 0.15) is 5.69 Å². The lowest BCUT2D eigenvalue weighted by molar-refractivity contribution is -0.142. The van der Waals surface area contributed by atoms with Gasteiger partial charge >= 0.3 is 6.18 Å². The van der Waals surface area contributed by atoms with E-state index in [0.717, 1.165) is 10.6 Å². The van der Waals surface area contributed by atoms with E-state index in [9.17, 15) is 13.2 Å². The van der Waals surface area contributed by atoms with Crippen LogP contribution in [0.25, 0.3) is 10.9 Å². The Hall–Kier alpha value is -0.970. The highest BCUT2D eigenvalue weighted by Gasteiger charge is 2.34. The molecule has 0 atom stereocenters. The average molecular weight is 278 g/mol. The second-order valence-corrected chi connectivity index (χ2v) is 4.12. The third-order valence-corrected chi connectivity index (χ3v) is 2.94. The van der Waals surface area contributed by atoms with Crippen molar-refractivity contribution >= 4 is 26.8 Å². The third-order valence-electron chi connectivity index (χ3n) is 2.30. The molecule has 0 amide bonds. The Bertz CT molecular complexity index is 513. The van der Waals surface area contributed by atoms with Crippen LogP contribution in [0.4, 0.5) is 13.2 Å². The first-order valence-electron chi connectivity index (χ1n) is 4.22. The van der Waals surface area contributed by atoms with Crippen LogP contribution < -0.4 is 0 Å². The second kappa shape index (κ2) is 3.27. The molecular weight excluding hydrogens is 271 g/mol. The molecule has 1 aromatic heterocycles. The number of rotatable bonds is 0. The monoisotopic (exact) mass is 277 g/mol. The van der Waals surface area contributed by atoms with E-state index in [0.29, 0.717) is 15.4 Å². The molecule has 1 aromatic carbocycles. The topological polar surface area (TPSA) is 4.93 Å². The molecular formula is C10H7BrF3N. The van der Waals surface area contributed by atoms with Gasteiger partial charge in [0.05, 0.1) is 5.52 Å². The van der Waals surface area contributed by atoms with E-state index in [1.165, 1.54) is 7.05 Å². The van der Waals surface area contributed by atoms with Crippen LogP contribution >= 0.6 is 15.9 Å². The molecule has 1 nitrogen and oxygen atoms in total. The number of aromatic nitrogens is 1. The number of benzene rings is 1. The van der Waals surface area contributed by atoms with Gasteiger partial charge in [-0.15, -0.1) is 0 Å². The number of fused-ring (bicyclic) bond motifs is 1. The first kappa shape index (κ1) is 10.5. The maximum Gasteiger partial charge on any atom is 0.431 e. The largest absolute Gasteiger partial charge is 0.431 e. The summed E-state index contributed by atoms with van der Waals surface area (Å²) in [7, 11) is 1.41. The molecule has 15 heavy (non-hydrogen) atoms. The van der Waals surface area contributed by atoms with Crippen molar-refractivity contribution in [3.8, 4) is 0 Å². The summed E-state index contributed by atoms with van der Waals surface area (Å²) >= 11 is 3.24. The Morgan fingerprint density at radius 2 is 1.93 bits per heavy atom. The van der Waals surface area contributed by atoms with Gasteiger partial charge in [-0.05, 0) is 28.1 Å². The molecule has 0 radical (unpaired) electrons. The molecule has 1 heterocycles. The van der Waals surface area contributed by atoms with Crippen molar-refractivity contribution in [3.63, 3.8) is 0 Å². The Labute approximate surface area is 92.6 Å². The number of hydrogen-bond acceptors (Lipinski definition) is 0. The minimum absolute atomic E-state index is 0.560. The zero-order valence-corrected chi connectivity index (χ0v) is 9.35. The predicted molar refractivity (Wildman–Crippen MR) is 55.6 cm³/mol. The van der Waals surface area contributed by atoms with Gasteiger partial charge in [-0.3, -0.25) is 0 Å². The molecule has 0 N–H and O–H groups in total. The zero-order chi connectivity index (χ0) is 11.2. The van der Waals surface area contributed by atoms with E-state index >= 15 is 0 Å². The van der Waals surface area contributed by atoms with Crippen molar-refractivity contribution in [2.45, 2.75) is 6.18 Å². The predicted octanol–water partition coefficient (Wildman–Crippen LogP) is 3.96. The molecule has 0 fully saturated rings. The molecule has 0 saturated heterocycles. The molecule has 0 unspecified atom stereocenters. The Balaban J connectivity index is 2.82. The molecule has 0 spiro atoms. The van der Waals surface area contributed by atoms with Crippen LogP contribution in [0.15, 0.2) is 28.7 Å². The Morgan fingerprint density at radius 1 is 1.27 bits per heavy atom. The van der Waals surface area contributed by atoms with Gasteiger partial charge in [0, 0.05) is 16.9 Å². The SMILES string of the molecule is Cn1c(C(F)(F)F)cc2cccc(Br)c21. The maximum atomic E-state index is 12.6. The summed E-state index contributed by atoms with van der Waals surface area (Å²) in [5.41, 5.74) is -0.0748. The molecule has 5 heteroatoms. The lowest BCUT2D eigenvalue weighted by atomic mass is 10.2. The highest BCUT2D eigenvalue weighted by Crippen LogP contribution is 2.35. The van der Waals surface area contributed by atoms with Crippen molar-refractivity contribution < 1.29 is 13.2 Å². The van der Waals surface area contributed by atoms with Crippen LogP contribution in [0.5, 0.6) is 0 Å². The normalized spacial score (nSPS) is 12.3. The molecule has 0 aliphatic carbocycles. The first-order valence-corrected chi connectivity index (χ1v) is 5.01. The van der Waals surface area contributed by atoms with Gasteiger partial charge in [-0.2, -0.15) is 13.2 Å². The van der Waals surface area contributed by atoms with Crippen molar-refractivity contribution in [1.82, 2.24) is 4.57 Å². The summed E-state index contributed by atoms with van der Waals surface area (Å²) in [6.45, 7) is 0. The lowest BCUT2D eigenvalue weighted by Crippen LogP contribution is -2.10. The molecule has 0 saturated carbocycles. The fourth-order valence-corrected chi connectivity index (χ4v) is 2.29. The number of para-hydroxylation sites is 1. The van der Waals surface area contributed by atoms with Gasteiger partial charge in [0.1, 0.15) is 5.69 Å². The van der Waals surface area contributed by atoms with Crippen molar-refractivity contribution in [2.75, 3.05) is 0 Å². The fraction of sp³-hybridized carbons (Fsp3) is 0.200. The summed E-state index contributed by atoms with van der Waals surface area (Å²) in [6.07, 6.45) is -4.31. The van der Waals surface area contributed by atoms with E-state index < -0.39 is 11.9 Å². The van der Waals surface area contributed by atoms with Gasteiger partial charge < -0.3 is 4.57 Å². The van der Waals surface area contributed by atoms with E-state index in [-0.39, 0.29) is 0 Å². The molecule has 80 valence electrons. The number of halogens is 4. The van der Waals surface area contributed by atoms with Gasteiger partial charge in [0.25, 0.3) is 0 Å². The summed E-state index contributed by atoms with van der Waals surface area (Å²) in [6, 6.07) is 6.25. The minimum Gasteiger partial charge on any atom is -0.339 e. The van der Waals surface area contributed by atoms with Crippen LogP contribution in [-0.4, -0.2) is 4.57 Å². The van der Waals surface area contributed by atoms with Crippen molar-refractivity contribution in [2.24, 2.45) is 7.05 Å². The van der Waals surface area contributed by atoms with Crippen molar-refractivity contribution in [1.29, 1.82) is 0 Å². The quantitative estimate of drug-likeness (QED) is 0.687. The summed E-state index contributed by atoms with van der Waals surface area (Å²) in [5, 5.41) is 0.583. The van der Waals surface area contributed by atoms with Gasteiger partial charge in [-0.1, -0.05) is 12.1 Å². The molecule has 0 aliphatic rings. The summed E-state index contributed by atoms with van der Waals surface area (Å²) in [5.74, 6) is 0. The maximum absolute atomic E-state index is 12.6. The van der Waals surface area contributed by atoms with Crippen LogP contribution in [-0.2, 0) is 13.2 Å². The Kier molecular flexibility index (Phi) is 2.30. The van der Waals surface area contributed by atoms with E-state index in [2.05, 4.69) is 15.9 Å². The number of aryl methyl sites for hydroxylation is 1. The third kappa shape index (κ3) is 1.65. The summed E-state index contributed by atoms with van der Waals surface area (Å²) in [4.78, 5) is 0. The minimum atomic E-state index is -4.31. The average Bonchev–Trinajstić information content (AvgIpc) is 2.44. The number of nitrogens with zero attached hydrogens (tertiary/aromatic N) is 1. The standard InChI is InChI=1S/C10H7BrF3N/c1-15-8(10(12,13)14)5-6-3-2-4-7(11)9(6)15/h2-5H,1H3. The van der Waals surface area contributed by atoms with Crippen LogP contribution in [0, 0.1) is 0 Å². The lowest BCUT2D eigenvalue weighted by Gasteiger charge is -2.08. The molecule has 0 bridgehead atoms. The highest BCUT2D eigenvalue weighted by atomic mass is 79.9. The van der Waals surface area contributed by atoms with Crippen molar-refractivity contribution in [3.05, 3.63) is 34.4 Å². The smallest absolute Gasteiger partial charge is 0.339 e. The number of alkyl halides is 3. The van der Waals surface area contributed by atoms with E-state index in [4.69, 9.17) is 0 Å². The second-order valence-electron chi connectivity index (χ2n) is 3.26. The van der Waals surface area contributed by atoms with Gasteiger partial charge in [0.15, 0.2) is 0 Å². The number of hydrogen-bond donors (Lipinski definition) is 0. The zero-order valence-electron chi connectivity index (χ0n) is 7.77. The first-order chi connectivity index (χ1) is 6.91. The molecule has 2 rings (SSSR count). The molecule has 0 aliphatic heterocycles. The summed E-state index contributed by atoms with van der Waals surface area (Å²) < 4.78 is 39.6.